The minimum Gasteiger partial charge on any atom is -0.461 e. The standard InChI is InChI=1S/C20H28N2O2/c1-2-3-4-8-12-21-14-16-22(17-15-21)13-11-20(23)24-18-19-9-6-5-7-10-19/h1,5-7,9-10H,3-4,8,11-18H2. The lowest BCUT2D eigenvalue weighted by Crippen LogP contribution is -2.47. The fourth-order valence-corrected chi connectivity index (χ4v) is 2.86. The van der Waals surface area contributed by atoms with Crippen molar-refractivity contribution in [3.05, 3.63) is 35.9 Å². The molecule has 0 atom stereocenters. The molecule has 1 aromatic rings. The van der Waals surface area contributed by atoms with Crippen LogP contribution in [0.15, 0.2) is 30.3 Å². The summed E-state index contributed by atoms with van der Waals surface area (Å²) in [4.78, 5) is 16.7. The molecule has 0 aliphatic carbocycles. The Bertz CT molecular complexity index is 516. The van der Waals surface area contributed by atoms with Crippen LogP contribution in [-0.2, 0) is 16.1 Å². The van der Waals surface area contributed by atoms with Gasteiger partial charge in [-0.15, -0.1) is 12.3 Å². The van der Waals surface area contributed by atoms with Gasteiger partial charge in [0.25, 0.3) is 0 Å². The van der Waals surface area contributed by atoms with Crippen LogP contribution in [-0.4, -0.2) is 55.0 Å². The minimum atomic E-state index is -0.115. The van der Waals surface area contributed by atoms with Crippen LogP contribution in [0, 0.1) is 12.3 Å². The molecular weight excluding hydrogens is 300 g/mol. The van der Waals surface area contributed by atoms with E-state index >= 15 is 0 Å². The van der Waals surface area contributed by atoms with E-state index in [1.165, 1.54) is 6.42 Å². The lowest BCUT2D eigenvalue weighted by atomic mass is 10.2. The van der Waals surface area contributed by atoms with E-state index in [0.717, 1.165) is 57.7 Å². The van der Waals surface area contributed by atoms with E-state index in [0.29, 0.717) is 13.0 Å². The van der Waals surface area contributed by atoms with Gasteiger partial charge in [0.2, 0.25) is 0 Å². The molecule has 1 saturated heterocycles. The Morgan fingerprint density at radius 1 is 1.04 bits per heavy atom. The first kappa shape index (κ1) is 18.5. The van der Waals surface area contributed by atoms with Crippen LogP contribution in [0.4, 0.5) is 0 Å². The number of terminal acetylenes is 1. The maximum absolute atomic E-state index is 11.9. The Balaban J connectivity index is 1.54. The van der Waals surface area contributed by atoms with Gasteiger partial charge < -0.3 is 14.5 Å². The first-order valence-corrected chi connectivity index (χ1v) is 8.85. The molecule has 0 radical (unpaired) electrons. The monoisotopic (exact) mass is 328 g/mol. The Morgan fingerprint density at radius 3 is 2.38 bits per heavy atom. The van der Waals surface area contributed by atoms with Crippen molar-refractivity contribution in [1.82, 2.24) is 9.80 Å². The van der Waals surface area contributed by atoms with Crippen molar-refractivity contribution < 1.29 is 9.53 Å². The van der Waals surface area contributed by atoms with Crippen molar-refractivity contribution in [1.29, 1.82) is 0 Å². The van der Waals surface area contributed by atoms with Gasteiger partial charge in [-0.2, -0.15) is 0 Å². The van der Waals surface area contributed by atoms with E-state index in [1.54, 1.807) is 0 Å². The maximum Gasteiger partial charge on any atom is 0.307 e. The molecule has 0 N–H and O–H groups in total. The second kappa shape index (κ2) is 10.9. The van der Waals surface area contributed by atoms with Crippen molar-refractivity contribution in [3.8, 4) is 12.3 Å². The third-order valence-electron chi connectivity index (χ3n) is 4.39. The molecule has 1 aliphatic rings. The van der Waals surface area contributed by atoms with Crippen LogP contribution >= 0.6 is 0 Å². The average Bonchev–Trinajstić information content (AvgIpc) is 2.64. The van der Waals surface area contributed by atoms with E-state index in [2.05, 4.69) is 15.7 Å². The summed E-state index contributed by atoms with van der Waals surface area (Å²) in [5, 5.41) is 0. The summed E-state index contributed by atoms with van der Waals surface area (Å²) in [6.45, 7) is 6.50. The van der Waals surface area contributed by atoms with Crippen LogP contribution in [0.3, 0.4) is 0 Å². The third kappa shape index (κ3) is 7.16. The Kier molecular flexibility index (Phi) is 8.37. The number of piperazine rings is 1. The zero-order valence-electron chi connectivity index (χ0n) is 14.5. The van der Waals surface area contributed by atoms with Gasteiger partial charge in [-0.1, -0.05) is 30.3 Å². The Labute approximate surface area is 145 Å². The van der Waals surface area contributed by atoms with Gasteiger partial charge in [0.1, 0.15) is 6.61 Å². The number of rotatable bonds is 9. The number of ether oxygens (including phenoxy) is 1. The predicted octanol–water partition coefficient (Wildman–Crippen LogP) is 2.54. The van der Waals surface area contributed by atoms with E-state index in [1.807, 2.05) is 30.3 Å². The highest BCUT2D eigenvalue weighted by Crippen LogP contribution is 2.06. The molecular formula is C20H28N2O2. The summed E-state index contributed by atoms with van der Waals surface area (Å²) in [5.41, 5.74) is 1.03. The fraction of sp³-hybridized carbons (Fsp3) is 0.550. The molecule has 4 nitrogen and oxygen atoms in total. The predicted molar refractivity (Wildman–Crippen MR) is 96.4 cm³/mol. The highest BCUT2D eigenvalue weighted by atomic mass is 16.5. The summed E-state index contributed by atoms with van der Waals surface area (Å²) >= 11 is 0. The summed E-state index contributed by atoms with van der Waals surface area (Å²) < 4.78 is 5.32. The molecule has 0 saturated carbocycles. The number of unbranched alkanes of at least 4 members (excludes halogenated alkanes) is 2. The minimum absolute atomic E-state index is 0.115. The van der Waals surface area contributed by atoms with Crippen molar-refractivity contribution in [2.45, 2.75) is 32.3 Å². The molecule has 0 spiro atoms. The number of benzene rings is 1. The summed E-state index contributed by atoms with van der Waals surface area (Å²) in [6.07, 6.45) is 8.91. The highest BCUT2D eigenvalue weighted by Gasteiger charge is 2.17. The molecule has 0 amide bonds. The van der Waals surface area contributed by atoms with Crippen LogP contribution in [0.25, 0.3) is 0 Å². The molecule has 2 rings (SSSR count). The Hall–Kier alpha value is -1.83. The summed E-state index contributed by atoms with van der Waals surface area (Å²) in [6, 6.07) is 9.80. The number of esters is 1. The number of hydrogen-bond donors (Lipinski definition) is 0. The van der Waals surface area contributed by atoms with Gasteiger partial charge in [0.15, 0.2) is 0 Å². The van der Waals surface area contributed by atoms with E-state index < -0.39 is 0 Å². The molecule has 1 heterocycles. The molecule has 0 aromatic heterocycles. The number of hydrogen-bond acceptors (Lipinski definition) is 4. The van der Waals surface area contributed by atoms with Crippen molar-refractivity contribution in [2.24, 2.45) is 0 Å². The van der Waals surface area contributed by atoms with E-state index in [-0.39, 0.29) is 5.97 Å². The third-order valence-corrected chi connectivity index (χ3v) is 4.39. The smallest absolute Gasteiger partial charge is 0.307 e. The zero-order chi connectivity index (χ0) is 17.0. The van der Waals surface area contributed by atoms with E-state index in [9.17, 15) is 4.79 Å². The molecule has 4 heteroatoms. The number of carbonyl (C=O) groups excluding carboxylic acids is 1. The van der Waals surface area contributed by atoms with Crippen molar-refractivity contribution >= 4 is 5.97 Å². The van der Waals surface area contributed by atoms with Crippen LogP contribution in [0.1, 0.15) is 31.2 Å². The molecule has 0 bridgehead atoms. The zero-order valence-corrected chi connectivity index (χ0v) is 14.5. The lowest BCUT2D eigenvalue weighted by molar-refractivity contribution is -0.145. The van der Waals surface area contributed by atoms with E-state index in [4.69, 9.17) is 11.2 Å². The fourth-order valence-electron chi connectivity index (χ4n) is 2.86. The van der Waals surface area contributed by atoms with Gasteiger partial charge in [0.05, 0.1) is 6.42 Å². The normalized spacial score (nSPS) is 15.8. The molecule has 1 fully saturated rings. The molecule has 1 aliphatic heterocycles. The molecule has 1 aromatic carbocycles. The number of nitrogens with zero attached hydrogens (tertiary/aromatic N) is 2. The average molecular weight is 328 g/mol. The van der Waals surface area contributed by atoms with Gasteiger partial charge in [0, 0.05) is 39.1 Å². The molecule has 130 valence electrons. The molecule has 0 unspecified atom stereocenters. The SMILES string of the molecule is C#CCCCCN1CCN(CCC(=O)OCc2ccccc2)CC1. The van der Waals surface area contributed by atoms with Crippen LogP contribution in [0.5, 0.6) is 0 Å². The second-order valence-corrected chi connectivity index (χ2v) is 6.24. The largest absolute Gasteiger partial charge is 0.461 e. The highest BCUT2D eigenvalue weighted by molar-refractivity contribution is 5.69. The van der Waals surface area contributed by atoms with Crippen molar-refractivity contribution in [2.75, 3.05) is 39.3 Å². The second-order valence-electron chi connectivity index (χ2n) is 6.24. The van der Waals surface area contributed by atoms with Crippen LogP contribution < -0.4 is 0 Å². The van der Waals surface area contributed by atoms with Gasteiger partial charge in [-0.05, 0) is 24.9 Å². The van der Waals surface area contributed by atoms with Crippen molar-refractivity contribution in [3.63, 3.8) is 0 Å². The maximum atomic E-state index is 11.9. The lowest BCUT2D eigenvalue weighted by Gasteiger charge is -2.34. The topological polar surface area (TPSA) is 32.8 Å². The van der Waals surface area contributed by atoms with Crippen LogP contribution in [0.2, 0.25) is 0 Å². The van der Waals surface area contributed by atoms with Gasteiger partial charge >= 0.3 is 5.97 Å². The quantitative estimate of drug-likeness (QED) is 0.396. The van der Waals surface area contributed by atoms with Gasteiger partial charge in [-0.3, -0.25) is 4.79 Å². The summed E-state index contributed by atoms with van der Waals surface area (Å²) in [5.74, 6) is 2.57. The number of carbonyl (C=O) groups is 1. The summed E-state index contributed by atoms with van der Waals surface area (Å²) in [7, 11) is 0. The first-order chi connectivity index (χ1) is 11.8. The molecule has 24 heavy (non-hydrogen) atoms. The Morgan fingerprint density at radius 2 is 1.71 bits per heavy atom. The first-order valence-electron chi connectivity index (χ1n) is 8.85. The van der Waals surface area contributed by atoms with Gasteiger partial charge in [-0.25, -0.2) is 0 Å².